The van der Waals surface area contributed by atoms with Crippen molar-refractivity contribution in [2.75, 3.05) is 13.2 Å². The predicted molar refractivity (Wildman–Crippen MR) is 66.9 cm³/mol. The topological polar surface area (TPSA) is 68.3 Å². The highest BCUT2D eigenvalue weighted by Gasteiger charge is 2.34. The smallest absolute Gasteiger partial charge is 0.417 e. The first-order chi connectivity index (χ1) is 9.38. The minimum Gasteiger partial charge on any atom is -0.491 e. The van der Waals surface area contributed by atoms with E-state index in [1.54, 1.807) is 0 Å². The molecule has 4 nitrogen and oxygen atoms in total. The summed E-state index contributed by atoms with van der Waals surface area (Å²) in [7, 11) is 0. The second-order valence-electron chi connectivity index (χ2n) is 4.56. The Labute approximate surface area is 114 Å². The van der Waals surface area contributed by atoms with Crippen molar-refractivity contribution in [2.24, 2.45) is 5.73 Å². The van der Waals surface area contributed by atoms with Gasteiger partial charge in [0.25, 0.3) is 0 Å². The molecule has 0 bridgehead atoms. The number of hydrogen-bond donors (Lipinski definition) is 2. The molecule has 1 aromatic rings. The van der Waals surface area contributed by atoms with Crippen molar-refractivity contribution in [3.63, 3.8) is 0 Å². The van der Waals surface area contributed by atoms with Crippen molar-refractivity contribution in [3.05, 3.63) is 29.3 Å². The third-order valence-corrected chi connectivity index (χ3v) is 3.05. The van der Waals surface area contributed by atoms with Crippen LogP contribution in [0.2, 0.25) is 0 Å². The maximum atomic E-state index is 12.9. The van der Waals surface area contributed by atoms with E-state index >= 15 is 0 Å². The Bertz CT molecular complexity index is 497. The number of nitrogens with one attached hydrogen (secondary N) is 1. The quantitative estimate of drug-likeness (QED) is 0.661. The summed E-state index contributed by atoms with van der Waals surface area (Å²) >= 11 is 0. The highest BCUT2D eigenvalue weighted by Crippen LogP contribution is 2.34. The molecule has 1 atom stereocenters. The van der Waals surface area contributed by atoms with Gasteiger partial charge in [0.1, 0.15) is 18.2 Å². The van der Waals surface area contributed by atoms with E-state index in [1.165, 1.54) is 6.07 Å². The fraction of sp³-hybridized carbons (Fsp3) is 0.462. The molecule has 20 heavy (non-hydrogen) atoms. The number of nitrogen functional groups attached to an aromatic ring is 1. The predicted octanol–water partition coefficient (Wildman–Crippen LogP) is 2.55. The number of rotatable bonds is 4. The minimum absolute atomic E-state index is 0.0724. The fourth-order valence-corrected chi connectivity index (χ4v) is 2.05. The third kappa shape index (κ3) is 3.41. The Morgan fingerprint density at radius 2 is 2.20 bits per heavy atom. The summed E-state index contributed by atoms with van der Waals surface area (Å²) in [6, 6.07) is 3.39. The van der Waals surface area contributed by atoms with E-state index in [4.69, 9.17) is 20.6 Å². The van der Waals surface area contributed by atoms with Gasteiger partial charge in [0.15, 0.2) is 0 Å². The van der Waals surface area contributed by atoms with Crippen LogP contribution in [0.4, 0.5) is 13.2 Å². The number of nitrogens with two attached hydrogens (primary N) is 1. The zero-order chi connectivity index (χ0) is 14.8. The molecule has 2 rings (SSSR count). The molecule has 0 amide bonds. The molecule has 1 aromatic carbocycles. The molecule has 0 spiro atoms. The Hall–Kier alpha value is -1.76. The second-order valence-corrected chi connectivity index (χ2v) is 4.56. The number of hydrogen-bond acceptors (Lipinski definition) is 3. The zero-order valence-electron chi connectivity index (χ0n) is 10.7. The number of benzene rings is 1. The van der Waals surface area contributed by atoms with Crippen molar-refractivity contribution in [1.82, 2.24) is 0 Å². The van der Waals surface area contributed by atoms with Crippen molar-refractivity contribution in [1.29, 1.82) is 5.41 Å². The van der Waals surface area contributed by atoms with Crippen LogP contribution in [0.3, 0.4) is 0 Å². The summed E-state index contributed by atoms with van der Waals surface area (Å²) in [5, 5.41) is 7.18. The van der Waals surface area contributed by atoms with Gasteiger partial charge in [0, 0.05) is 12.2 Å². The van der Waals surface area contributed by atoms with Gasteiger partial charge in [-0.2, -0.15) is 13.2 Å². The van der Waals surface area contributed by atoms with Gasteiger partial charge in [-0.05, 0) is 31.0 Å². The molecule has 0 aromatic heterocycles. The number of alkyl halides is 3. The maximum absolute atomic E-state index is 12.9. The van der Waals surface area contributed by atoms with Gasteiger partial charge in [-0.25, -0.2) is 0 Å². The van der Waals surface area contributed by atoms with Gasteiger partial charge in [0.2, 0.25) is 0 Å². The molecular weight excluding hydrogens is 273 g/mol. The van der Waals surface area contributed by atoms with Gasteiger partial charge in [-0.1, -0.05) is 0 Å². The first-order valence-corrected chi connectivity index (χ1v) is 6.18. The first kappa shape index (κ1) is 14.6. The van der Waals surface area contributed by atoms with Crippen LogP contribution in [0.5, 0.6) is 5.75 Å². The largest absolute Gasteiger partial charge is 0.491 e. The summed E-state index contributed by atoms with van der Waals surface area (Å²) in [4.78, 5) is 0. The van der Waals surface area contributed by atoms with E-state index in [0.717, 1.165) is 25.0 Å². The molecule has 1 unspecified atom stereocenters. The molecule has 7 heteroatoms. The van der Waals surface area contributed by atoms with Crippen molar-refractivity contribution in [2.45, 2.75) is 25.1 Å². The van der Waals surface area contributed by atoms with E-state index in [2.05, 4.69) is 0 Å². The van der Waals surface area contributed by atoms with E-state index in [1.807, 2.05) is 0 Å². The monoisotopic (exact) mass is 288 g/mol. The summed E-state index contributed by atoms with van der Waals surface area (Å²) in [5.41, 5.74) is 3.85. The lowest BCUT2D eigenvalue weighted by Crippen LogP contribution is -2.20. The molecule has 1 saturated heterocycles. The molecule has 0 radical (unpaired) electrons. The first-order valence-electron chi connectivity index (χ1n) is 6.18. The van der Waals surface area contributed by atoms with Crippen LogP contribution < -0.4 is 10.5 Å². The molecule has 3 N–H and O–H groups in total. The Kier molecular flexibility index (Phi) is 4.17. The van der Waals surface area contributed by atoms with Crippen LogP contribution in [-0.4, -0.2) is 25.2 Å². The molecule has 1 aliphatic heterocycles. The van der Waals surface area contributed by atoms with E-state index < -0.39 is 17.6 Å². The minimum atomic E-state index is -4.58. The van der Waals surface area contributed by atoms with Gasteiger partial charge in [0.05, 0.1) is 11.7 Å². The van der Waals surface area contributed by atoms with E-state index in [9.17, 15) is 13.2 Å². The van der Waals surface area contributed by atoms with E-state index in [0.29, 0.717) is 6.61 Å². The van der Waals surface area contributed by atoms with Crippen LogP contribution in [-0.2, 0) is 10.9 Å². The van der Waals surface area contributed by atoms with Crippen LogP contribution in [0, 0.1) is 5.41 Å². The molecule has 110 valence electrons. The second kappa shape index (κ2) is 5.70. The Morgan fingerprint density at radius 1 is 1.45 bits per heavy atom. The number of amidine groups is 1. The zero-order valence-corrected chi connectivity index (χ0v) is 10.7. The number of halogens is 3. The SMILES string of the molecule is N=C(N)c1ccc(OCC2CCCO2)cc1C(F)(F)F. The molecular formula is C13H15F3N2O2. The number of ether oxygens (including phenoxy) is 2. The molecule has 1 heterocycles. The summed E-state index contributed by atoms with van der Waals surface area (Å²) in [6.07, 6.45) is -2.87. The van der Waals surface area contributed by atoms with E-state index in [-0.39, 0.29) is 24.0 Å². The summed E-state index contributed by atoms with van der Waals surface area (Å²) < 4.78 is 49.3. The molecule has 1 fully saturated rings. The lowest BCUT2D eigenvalue weighted by atomic mass is 10.1. The van der Waals surface area contributed by atoms with Crippen molar-refractivity contribution in [3.8, 4) is 5.75 Å². The summed E-state index contributed by atoms with van der Waals surface area (Å²) in [6.45, 7) is 0.877. The third-order valence-electron chi connectivity index (χ3n) is 3.05. The van der Waals surface area contributed by atoms with Crippen LogP contribution >= 0.6 is 0 Å². The van der Waals surface area contributed by atoms with Crippen LogP contribution in [0.25, 0.3) is 0 Å². The van der Waals surface area contributed by atoms with Gasteiger partial charge >= 0.3 is 6.18 Å². The Morgan fingerprint density at radius 3 is 2.75 bits per heavy atom. The molecule has 0 saturated carbocycles. The Balaban J connectivity index is 2.16. The van der Waals surface area contributed by atoms with Crippen LogP contribution in [0.1, 0.15) is 24.0 Å². The highest BCUT2D eigenvalue weighted by atomic mass is 19.4. The van der Waals surface area contributed by atoms with Gasteiger partial charge in [-0.3, -0.25) is 5.41 Å². The van der Waals surface area contributed by atoms with Crippen molar-refractivity contribution >= 4 is 5.84 Å². The average molecular weight is 288 g/mol. The molecule has 1 aliphatic rings. The molecule has 0 aliphatic carbocycles. The van der Waals surface area contributed by atoms with Crippen LogP contribution in [0.15, 0.2) is 18.2 Å². The summed E-state index contributed by atoms with van der Waals surface area (Å²) in [5.74, 6) is -0.527. The fourth-order valence-electron chi connectivity index (χ4n) is 2.05. The highest BCUT2D eigenvalue weighted by molar-refractivity contribution is 5.96. The lowest BCUT2D eigenvalue weighted by Gasteiger charge is -2.15. The van der Waals surface area contributed by atoms with Gasteiger partial charge in [-0.15, -0.1) is 0 Å². The normalized spacial score (nSPS) is 19.1. The average Bonchev–Trinajstić information content (AvgIpc) is 2.88. The maximum Gasteiger partial charge on any atom is 0.417 e. The lowest BCUT2D eigenvalue weighted by molar-refractivity contribution is -0.137. The standard InChI is InChI=1S/C13H15F3N2O2/c14-13(15,16)11-6-8(3-4-10(11)12(17)18)20-7-9-2-1-5-19-9/h3-4,6,9H,1-2,5,7H2,(H3,17,18). The van der Waals surface area contributed by atoms with Gasteiger partial charge < -0.3 is 15.2 Å². The van der Waals surface area contributed by atoms with Crippen molar-refractivity contribution < 1.29 is 22.6 Å².